The molecule has 1 aliphatic rings. The first-order valence-electron chi connectivity index (χ1n) is 8.51. The maximum atomic E-state index is 12.1. The summed E-state index contributed by atoms with van der Waals surface area (Å²) in [7, 11) is 0. The Labute approximate surface area is 134 Å². The Morgan fingerprint density at radius 2 is 1.86 bits per heavy atom. The van der Waals surface area contributed by atoms with Crippen LogP contribution in [0.25, 0.3) is 0 Å². The summed E-state index contributed by atoms with van der Waals surface area (Å²) in [6, 6.07) is 7.88. The molecule has 0 spiro atoms. The highest BCUT2D eigenvalue weighted by Crippen LogP contribution is 2.37. The molecule has 1 aromatic carbocycles. The number of para-hydroxylation sites is 1. The predicted molar refractivity (Wildman–Crippen MR) is 88.4 cm³/mol. The molecule has 0 bridgehead atoms. The molecule has 0 heterocycles. The van der Waals surface area contributed by atoms with Gasteiger partial charge in [-0.05, 0) is 50.7 Å². The van der Waals surface area contributed by atoms with Crippen LogP contribution in [-0.4, -0.2) is 11.8 Å². The molecule has 122 valence electrons. The van der Waals surface area contributed by atoms with Crippen molar-refractivity contribution in [2.24, 2.45) is 0 Å². The monoisotopic (exact) mass is 304 g/mol. The topological polar surface area (TPSA) is 35.5 Å². The van der Waals surface area contributed by atoms with E-state index in [0.29, 0.717) is 11.7 Å². The van der Waals surface area contributed by atoms with Crippen LogP contribution >= 0.6 is 0 Å². The van der Waals surface area contributed by atoms with Crippen molar-refractivity contribution in [3.05, 3.63) is 29.8 Å². The van der Waals surface area contributed by atoms with Crippen LogP contribution in [0, 0.1) is 0 Å². The second-order valence-electron chi connectivity index (χ2n) is 6.84. The van der Waals surface area contributed by atoms with Crippen molar-refractivity contribution in [2.75, 3.05) is 0 Å². The smallest absolute Gasteiger partial charge is 0.428 e. The van der Waals surface area contributed by atoms with Gasteiger partial charge in [0.15, 0.2) is 0 Å². The van der Waals surface area contributed by atoms with Gasteiger partial charge in [-0.25, -0.2) is 4.79 Å². The normalized spacial score (nSPS) is 16.3. The molecule has 0 aromatic heterocycles. The molecular formula is C19H28O3. The highest BCUT2D eigenvalue weighted by atomic mass is 16.7. The highest BCUT2D eigenvalue weighted by Gasteiger charge is 2.25. The van der Waals surface area contributed by atoms with Gasteiger partial charge in [-0.2, -0.15) is 0 Å². The fraction of sp³-hybridized carbons (Fsp3) is 0.632. The zero-order valence-electron chi connectivity index (χ0n) is 14.1. The third-order valence-electron chi connectivity index (χ3n) is 4.37. The average molecular weight is 304 g/mol. The molecule has 0 saturated heterocycles. The Bertz CT molecular complexity index is 487. The first kappa shape index (κ1) is 16.9. The van der Waals surface area contributed by atoms with Crippen molar-refractivity contribution in [1.29, 1.82) is 0 Å². The molecule has 1 fully saturated rings. The van der Waals surface area contributed by atoms with E-state index in [1.54, 1.807) is 0 Å². The van der Waals surface area contributed by atoms with Gasteiger partial charge in [-0.3, -0.25) is 0 Å². The second-order valence-corrected chi connectivity index (χ2v) is 6.84. The lowest BCUT2D eigenvalue weighted by atomic mass is 9.84. The van der Waals surface area contributed by atoms with Gasteiger partial charge in [-0.1, -0.05) is 50.8 Å². The minimum Gasteiger partial charge on any atom is -0.428 e. The Balaban J connectivity index is 2.04. The lowest BCUT2D eigenvalue weighted by molar-refractivity contribution is 0.00360. The van der Waals surface area contributed by atoms with E-state index in [2.05, 4.69) is 13.0 Å². The van der Waals surface area contributed by atoms with Gasteiger partial charge in [0, 0.05) is 0 Å². The molecule has 0 aliphatic heterocycles. The minimum atomic E-state index is -0.596. The van der Waals surface area contributed by atoms with Gasteiger partial charge in [0.1, 0.15) is 11.4 Å². The molecule has 0 N–H and O–H groups in total. The summed E-state index contributed by atoms with van der Waals surface area (Å²) >= 11 is 0. The number of rotatable bonds is 5. The van der Waals surface area contributed by atoms with Crippen LogP contribution in [-0.2, 0) is 4.74 Å². The highest BCUT2D eigenvalue weighted by molar-refractivity contribution is 5.65. The van der Waals surface area contributed by atoms with Gasteiger partial charge in [0.25, 0.3) is 0 Å². The first-order chi connectivity index (χ1) is 10.5. The minimum absolute atomic E-state index is 0.481. The molecule has 1 aliphatic carbocycles. The molecule has 1 aromatic rings. The van der Waals surface area contributed by atoms with E-state index in [4.69, 9.17) is 9.47 Å². The fourth-order valence-electron chi connectivity index (χ4n) is 3.31. The van der Waals surface area contributed by atoms with Gasteiger partial charge < -0.3 is 9.47 Å². The number of hydrogen-bond donors (Lipinski definition) is 0. The van der Waals surface area contributed by atoms with Crippen LogP contribution in [0.5, 0.6) is 5.75 Å². The van der Waals surface area contributed by atoms with Crippen LogP contribution in [0.15, 0.2) is 24.3 Å². The SMILES string of the molecule is CCCC(C)(C)OC(=O)Oc1ccccc1C1CCCCC1. The van der Waals surface area contributed by atoms with E-state index in [0.717, 1.165) is 18.4 Å². The molecular weight excluding hydrogens is 276 g/mol. The van der Waals surface area contributed by atoms with Crippen molar-refractivity contribution in [1.82, 2.24) is 0 Å². The van der Waals surface area contributed by atoms with E-state index in [1.165, 1.54) is 32.1 Å². The lowest BCUT2D eigenvalue weighted by Gasteiger charge is -2.26. The second kappa shape index (κ2) is 7.66. The van der Waals surface area contributed by atoms with Crippen LogP contribution in [0.2, 0.25) is 0 Å². The van der Waals surface area contributed by atoms with Crippen LogP contribution < -0.4 is 4.74 Å². The van der Waals surface area contributed by atoms with Crippen molar-refractivity contribution >= 4 is 6.16 Å². The number of carbonyl (C=O) groups excluding carboxylic acids is 1. The van der Waals surface area contributed by atoms with Crippen molar-refractivity contribution in [3.63, 3.8) is 0 Å². The first-order valence-corrected chi connectivity index (χ1v) is 8.51. The molecule has 0 radical (unpaired) electrons. The number of ether oxygens (including phenoxy) is 2. The van der Waals surface area contributed by atoms with E-state index >= 15 is 0 Å². The summed E-state index contributed by atoms with van der Waals surface area (Å²) in [6.07, 6.45) is 7.38. The summed E-state index contributed by atoms with van der Waals surface area (Å²) < 4.78 is 11.0. The largest absolute Gasteiger partial charge is 0.514 e. The van der Waals surface area contributed by atoms with Crippen LogP contribution in [0.4, 0.5) is 4.79 Å². The Morgan fingerprint density at radius 3 is 2.55 bits per heavy atom. The summed E-state index contributed by atoms with van der Waals surface area (Å²) in [5, 5.41) is 0. The van der Waals surface area contributed by atoms with Gasteiger partial charge in [0.05, 0.1) is 0 Å². The molecule has 1 saturated carbocycles. The van der Waals surface area contributed by atoms with Gasteiger partial charge in [-0.15, -0.1) is 0 Å². The van der Waals surface area contributed by atoms with Gasteiger partial charge >= 0.3 is 6.16 Å². The van der Waals surface area contributed by atoms with Crippen LogP contribution in [0.1, 0.15) is 77.2 Å². The third-order valence-corrected chi connectivity index (χ3v) is 4.37. The fourth-order valence-corrected chi connectivity index (χ4v) is 3.31. The summed E-state index contributed by atoms with van der Waals surface area (Å²) in [5.74, 6) is 1.16. The van der Waals surface area contributed by atoms with Crippen molar-refractivity contribution in [3.8, 4) is 5.75 Å². The Hall–Kier alpha value is -1.51. The maximum absolute atomic E-state index is 12.1. The maximum Gasteiger partial charge on any atom is 0.514 e. The third kappa shape index (κ3) is 4.75. The van der Waals surface area contributed by atoms with E-state index in [1.807, 2.05) is 32.0 Å². The number of benzene rings is 1. The van der Waals surface area contributed by atoms with E-state index < -0.39 is 11.8 Å². The molecule has 2 rings (SSSR count). The van der Waals surface area contributed by atoms with Crippen LogP contribution in [0.3, 0.4) is 0 Å². The Kier molecular flexibility index (Phi) is 5.87. The lowest BCUT2D eigenvalue weighted by Crippen LogP contribution is -2.29. The summed E-state index contributed by atoms with van der Waals surface area (Å²) in [5.41, 5.74) is 0.665. The number of carbonyl (C=O) groups is 1. The van der Waals surface area contributed by atoms with E-state index in [-0.39, 0.29) is 0 Å². The predicted octanol–water partition coefficient (Wildman–Crippen LogP) is 5.83. The van der Waals surface area contributed by atoms with Gasteiger partial charge in [0.2, 0.25) is 0 Å². The average Bonchev–Trinajstić information content (AvgIpc) is 2.48. The van der Waals surface area contributed by atoms with Crippen molar-refractivity contribution in [2.45, 2.75) is 77.2 Å². The molecule has 0 unspecified atom stereocenters. The molecule has 3 heteroatoms. The molecule has 22 heavy (non-hydrogen) atoms. The molecule has 0 atom stereocenters. The Morgan fingerprint density at radius 1 is 1.18 bits per heavy atom. The zero-order valence-corrected chi connectivity index (χ0v) is 14.1. The zero-order chi connectivity index (χ0) is 16.0. The quantitative estimate of drug-likeness (QED) is 0.507. The standard InChI is InChI=1S/C19H28O3/c1-4-14-19(2,3)22-18(20)21-17-13-9-8-12-16(17)15-10-6-5-7-11-15/h8-9,12-13,15H,4-7,10-11,14H2,1-3H3. The number of hydrogen-bond acceptors (Lipinski definition) is 3. The van der Waals surface area contributed by atoms with Crippen molar-refractivity contribution < 1.29 is 14.3 Å². The molecule has 0 amide bonds. The summed E-state index contributed by atoms with van der Waals surface area (Å²) in [6.45, 7) is 5.92. The summed E-state index contributed by atoms with van der Waals surface area (Å²) in [4.78, 5) is 12.1. The van der Waals surface area contributed by atoms with E-state index in [9.17, 15) is 4.79 Å². The molecule has 3 nitrogen and oxygen atoms in total.